The Morgan fingerprint density at radius 3 is 1.07 bits per heavy atom. The largest absolute Gasteiger partial charge is 0.490 e. The minimum Gasteiger partial charge on any atom is -0.490 e. The second kappa shape index (κ2) is 54.5. The molecule has 7 aromatic carbocycles. The second-order valence-corrected chi connectivity index (χ2v) is 30.1. The summed E-state index contributed by atoms with van der Waals surface area (Å²) >= 11 is 1.16. The number of ether oxygens (including phenoxy) is 17. The Hall–Kier alpha value is -8.29. The monoisotopic (exact) mass is 1720 g/mol. The van der Waals surface area contributed by atoms with Crippen LogP contribution in [0.2, 0.25) is 0 Å². The van der Waals surface area contributed by atoms with E-state index in [9.17, 15) is 33.9 Å². The molecule has 0 spiro atoms. The topological polar surface area (TPSA) is 344 Å². The number of carboxylic acid groups (broad SMARTS) is 1. The van der Waals surface area contributed by atoms with Gasteiger partial charge in [0, 0.05) is 92.2 Å². The molecule has 668 valence electrons. The molecular formula is C91H122N4O26S. The molecule has 2 aliphatic rings. The number of ketones is 1. The number of imide groups is 2. The van der Waals surface area contributed by atoms with E-state index in [1.54, 1.807) is 79.9 Å². The molecule has 122 heavy (non-hydrogen) atoms. The van der Waals surface area contributed by atoms with Crippen LogP contribution in [0.25, 0.3) is 43.1 Å². The highest BCUT2D eigenvalue weighted by atomic mass is 32.2. The van der Waals surface area contributed by atoms with Gasteiger partial charge in [0.1, 0.15) is 18.4 Å². The number of hydrogen-bond acceptors (Lipinski definition) is 26. The van der Waals surface area contributed by atoms with Gasteiger partial charge in [-0.15, -0.1) is 11.8 Å². The SMILES string of the molecule is CCC(CC)N1C(=O)c2ccc3c4c(SCC(NC(C)=O)C(=O)NC(Cc5ccccc5)C(=O)CC(Cc5ccccc5)C(=O)O)cc5c6c(ccc(c7c(OCCOCCOCCOCCOCCOCCOCCOCCOCCOCCOCCOCCOCCOCCOCCOCCOC)cc(c2c37)C1=O)c64)C(=O)N(C(CC)CC)C5=O. The predicted octanol–water partition coefficient (Wildman–Crippen LogP) is 9.81. The Balaban J connectivity index is 0.717. The van der Waals surface area contributed by atoms with E-state index in [4.69, 9.17) is 80.5 Å². The number of aliphatic carboxylic acids is 1. The van der Waals surface area contributed by atoms with Crippen LogP contribution >= 0.6 is 11.8 Å². The Kier molecular flexibility index (Phi) is 43.5. The number of carbonyl (C=O) groups excluding carboxylic acids is 7. The van der Waals surface area contributed by atoms with E-state index in [0.717, 1.165) is 17.3 Å². The van der Waals surface area contributed by atoms with Crippen molar-refractivity contribution in [3.05, 3.63) is 130 Å². The highest BCUT2D eigenvalue weighted by Crippen LogP contribution is 2.52. The molecule has 3 N–H and O–H groups in total. The molecule has 7 aromatic rings. The molecule has 3 unspecified atom stereocenters. The first-order valence-electron chi connectivity index (χ1n) is 42.5. The van der Waals surface area contributed by atoms with Gasteiger partial charge in [0.25, 0.3) is 23.6 Å². The number of benzene rings is 7. The van der Waals surface area contributed by atoms with E-state index in [1.807, 2.05) is 52.0 Å². The zero-order valence-electron chi connectivity index (χ0n) is 71.4. The van der Waals surface area contributed by atoms with E-state index < -0.39 is 83.7 Å². The lowest BCUT2D eigenvalue weighted by atomic mass is 9.81. The van der Waals surface area contributed by atoms with Gasteiger partial charge in [0.15, 0.2) is 5.78 Å². The Bertz CT molecular complexity index is 4380. The smallest absolute Gasteiger partial charge is 0.307 e. The fraction of sp³-hybridized carbons (Fsp3) is 0.560. The van der Waals surface area contributed by atoms with Crippen molar-refractivity contribution in [2.75, 3.05) is 224 Å². The Morgan fingerprint density at radius 1 is 0.377 bits per heavy atom. The fourth-order valence-corrected chi connectivity index (χ4v) is 15.8. The number of nitrogens with zero attached hydrogens (tertiary/aromatic N) is 2. The molecule has 0 bridgehead atoms. The third-order valence-electron chi connectivity index (χ3n) is 20.8. The first-order valence-corrected chi connectivity index (χ1v) is 43.5. The molecule has 0 saturated heterocycles. The van der Waals surface area contributed by atoms with Crippen LogP contribution in [0, 0.1) is 5.92 Å². The van der Waals surface area contributed by atoms with Gasteiger partial charge in [-0.2, -0.15) is 0 Å². The molecule has 31 heteroatoms. The summed E-state index contributed by atoms with van der Waals surface area (Å²) in [6.45, 7) is 22.3. The molecule has 0 aromatic heterocycles. The summed E-state index contributed by atoms with van der Waals surface area (Å²) in [5, 5.41) is 20.1. The van der Waals surface area contributed by atoms with Gasteiger partial charge >= 0.3 is 5.97 Å². The lowest BCUT2D eigenvalue weighted by Gasteiger charge is -2.35. The number of carboxylic acids is 1. The minimum absolute atomic E-state index is 0.0139. The summed E-state index contributed by atoms with van der Waals surface area (Å²) in [7, 11) is 1.64. The van der Waals surface area contributed by atoms with Crippen LogP contribution in [0.3, 0.4) is 0 Å². The van der Waals surface area contributed by atoms with Crippen LogP contribution in [0.15, 0.2) is 102 Å². The molecule has 0 radical (unpaired) electrons. The van der Waals surface area contributed by atoms with Gasteiger partial charge < -0.3 is 96.3 Å². The summed E-state index contributed by atoms with van der Waals surface area (Å²) in [4.78, 5) is 119. The lowest BCUT2D eigenvalue weighted by molar-refractivity contribution is -0.144. The molecule has 0 saturated carbocycles. The minimum atomic E-state index is -1.31. The molecule has 2 aliphatic heterocycles. The lowest BCUT2D eigenvalue weighted by Crippen LogP contribution is -2.53. The summed E-state index contributed by atoms with van der Waals surface area (Å²) in [6, 6.07) is 25.0. The second-order valence-electron chi connectivity index (χ2n) is 29.1. The van der Waals surface area contributed by atoms with Crippen LogP contribution in [-0.4, -0.2) is 311 Å². The molecule has 9 rings (SSSR count). The van der Waals surface area contributed by atoms with E-state index >= 15 is 9.59 Å². The Morgan fingerprint density at radius 2 is 0.713 bits per heavy atom. The standard InChI is InChI=1S/C91H122N4O26S/c1-7-67(8-2)94-87(99)71-24-22-70-83-79(122-62-76(92-63(5)96)86(98)93-75(58-65-19-15-12-16-20-65)77(97)59-66(91(103)104)57-64-17-13-11-14-18-64)61-74-81-72(88(100)95(90(74)102)68(9-3)10-4)23-21-69(85(81)83)82-78(60-73(89(94)101)80(71)84(70)82)121-56-55-120-54-53-119-52-51-118-50-49-117-48-47-116-46-45-115-44-43-114-42-41-113-40-39-112-38-37-111-36-35-110-34-33-109-32-31-108-30-29-107-28-27-106-26-25-105-6/h11-24,60-61,66-68,75-76H,7-10,25-59,62H2,1-6H3,(H,92,96)(H,93,98)(H,103,104). The number of methoxy groups -OCH3 is 1. The number of Topliss-reactive ketones (excluding diaryl/α,β-unsaturated/α-hetero) is 1. The van der Waals surface area contributed by atoms with Crippen molar-refractivity contribution in [1.82, 2.24) is 20.4 Å². The van der Waals surface area contributed by atoms with Crippen molar-refractivity contribution in [3.63, 3.8) is 0 Å². The number of amides is 6. The van der Waals surface area contributed by atoms with Gasteiger partial charge in [0.2, 0.25) is 11.8 Å². The van der Waals surface area contributed by atoms with E-state index in [0.29, 0.717) is 281 Å². The van der Waals surface area contributed by atoms with Crippen molar-refractivity contribution in [3.8, 4) is 5.75 Å². The van der Waals surface area contributed by atoms with E-state index in [1.165, 1.54) is 16.7 Å². The van der Waals surface area contributed by atoms with Crippen molar-refractivity contribution in [2.45, 2.75) is 109 Å². The maximum absolute atomic E-state index is 15.3. The number of carbonyl (C=O) groups is 8. The molecular weight excluding hydrogens is 1600 g/mol. The third-order valence-corrected chi connectivity index (χ3v) is 21.9. The van der Waals surface area contributed by atoms with Crippen molar-refractivity contribution < 1.29 is 124 Å². The van der Waals surface area contributed by atoms with E-state index in [2.05, 4.69) is 10.6 Å². The van der Waals surface area contributed by atoms with Gasteiger partial charge in [0.05, 0.1) is 222 Å². The zero-order chi connectivity index (χ0) is 86.6. The average molecular weight is 1720 g/mol. The maximum Gasteiger partial charge on any atom is 0.307 e. The van der Waals surface area contributed by atoms with Crippen LogP contribution < -0.4 is 15.4 Å². The van der Waals surface area contributed by atoms with Crippen molar-refractivity contribution in [2.24, 2.45) is 5.92 Å². The van der Waals surface area contributed by atoms with Crippen LogP contribution in [0.1, 0.15) is 119 Å². The van der Waals surface area contributed by atoms with Crippen molar-refractivity contribution in [1.29, 1.82) is 0 Å². The van der Waals surface area contributed by atoms with Crippen LogP contribution in [-0.2, 0) is 108 Å². The van der Waals surface area contributed by atoms with Gasteiger partial charge in [-0.1, -0.05) is 100 Å². The Labute approximate surface area is 718 Å². The van der Waals surface area contributed by atoms with Gasteiger partial charge in [-0.3, -0.25) is 48.2 Å². The van der Waals surface area contributed by atoms with E-state index in [-0.39, 0.29) is 56.1 Å². The molecule has 3 atom stereocenters. The number of hydrogen-bond donors (Lipinski definition) is 3. The van der Waals surface area contributed by atoms with Crippen LogP contribution in [0.5, 0.6) is 5.75 Å². The fourth-order valence-electron chi connectivity index (χ4n) is 14.7. The normalized spacial score (nSPS) is 13.6. The quantitative estimate of drug-likeness (QED) is 0.0105. The van der Waals surface area contributed by atoms with Gasteiger partial charge in [-0.05, 0) is 84.7 Å². The number of thioether (sulfide) groups is 1. The summed E-state index contributed by atoms with van der Waals surface area (Å²) in [6.07, 6.45) is 1.70. The molecule has 0 aliphatic carbocycles. The predicted molar refractivity (Wildman–Crippen MR) is 458 cm³/mol. The number of rotatable bonds is 69. The van der Waals surface area contributed by atoms with Crippen molar-refractivity contribution >= 4 is 102 Å². The first-order chi connectivity index (χ1) is 59.6. The number of fused-ring (bicyclic) bond motifs is 2. The zero-order valence-corrected chi connectivity index (χ0v) is 72.2. The number of nitrogens with one attached hydrogen (secondary N) is 2. The molecule has 2 heterocycles. The van der Waals surface area contributed by atoms with Gasteiger partial charge in [-0.25, -0.2) is 0 Å². The first kappa shape index (κ1) is 97.5. The van der Waals surface area contributed by atoms with Crippen LogP contribution in [0.4, 0.5) is 0 Å². The summed E-state index contributed by atoms with van der Waals surface area (Å²) < 4.78 is 95.5. The average Bonchev–Trinajstić information content (AvgIpc) is 0.679. The molecule has 0 fully saturated rings. The highest BCUT2D eigenvalue weighted by Gasteiger charge is 2.42. The highest BCUT2D eigenvalue weighted by molar-refractivity contribution is 7.99. The summed E-state index contributed by atoms with van der Waals surface area (Å²) in [5.74, 6) is -5.86. The summed E-state index contributed by atoms with van der Waals surface area (Å²) in [5.41, 5.74) is 2.49. The molecule has 6 amide bonds. The maximum atomic E-state index is 15.3. The molecule has 30 nitrogen and oxygen atoms in total. The third kappa shape index (κ3) is 29.2.